The molecule has 3 heterocycles. The second-order valence-electron chi connectivity index (χ2n) is 6.66. The Morgan fingerprint density at radius 3 is 2.50 bits per heavy atom. The lowest BCUT2D eigenvalue weighted by molar-refractivity contribution is 0.475. The highest BCUT2D eigenvalue weighted by Crippen LogP contribution is 2.34. The zero-order chi connectivity index (χ0) is 17.9. The van der Waals surface area contributed by atoms with Crippen LogP contribution in [-0.2, 0) is 12.8 Å². The third kappa shape index (κ3) is 3.59. The number of hydrogen-bond acceptors (Lipinski definition) is 6. The Hall–Kier alpha value is -1.99. The Kier molecular flexibility index (Phi) is 5.17. The van der Waals surface area contributed by atoms with Crippen LogP contribution in [0.25, 0.3) is 0 Å². The van der Waals surface area contributed by atoms with Crippen molar-refractivity contribution >= 4 is 23.4 Å². The summed E-state index contributed by atoms with van der Waals surface area (Å²) in [6, 6.07) is 7.38. The molecular formula is C19H23N5OS. The number of rotatable bonds is 5. The first-order valence-electron chi connectivity index (χ1n) is 9.17. The number of fused-ring (bicyclic) bond motifs is 1. The topological polar surface area (TPSA) is 74.8 Å². The second kappa shape index (κ2) is 7.72. The molecule has 1 aromatic carbocycles. The molecule has 0 amide bonds. The highest BCUT2D eigenvalue weighted by molar-refractivity contribution is 7.99. The largest absolute Gasteiger partial charge is 0.508 e. The normalized spacial score (nSPS) is 16.8. The molecule has 2 radical (unpaired) electrons. The summed E-state index contributed by atoms with van der Waals surface area (Å²) in [5.41, 5.74) is 12.6. The van der Waals surface area contributed by atoms with E-state index in [9.17, 15) is 5.11 Å². The van der Waals surface area contributed by atoms with E-state index in [-0.39, 0.29) is 6.54 Å². The highest BCUT2D eigenvalue weighted by Gasteiger charge is 2.24. The predicted molar refractivity (Wildman–Crippen MR) is 104 cm³/mol. The first-order valence-corrected chi connectivity index (χ1v) is 10.2. The molecule has 1 fully saturated rings. The van der Waals surface area contributed by atoms with Crippen LogP contribution in [0.3, 0.4) is 0 Å². The van der Waals surface area contributed by atoms with Gasteiger partial charge in [0.1, 0.15) is 5.75 Å². The monoisotopic (exact) mass is 369 g/mol. The van der Waals surface area contributed by atoms with Gasteiger partial charge in [0.05, 0.1) is 16.3 Å². The fourth-order valence-corrected chi connectivity index (χ4v) is 4.63. The number of nitrogens with zero attached hydrogens (tertiary/aromatic N) is 5. The van der Waals surface area contributed by atoms with Crippen molar-refractivity contribution in [1.82, 2.24) is 15.7 Å². The standard InChI is InChI=1S/C19H23N5OS/c20-8-1-2-16-18-17(7-13-26-18)22-19(21-16)24-11-9-23(10-12-24)14-3-5-15(25)6-4-14/h3-6,25H,1-2,7-13H2. The third-order valence-electron chi connectivity index (χ3n) is 4.93. The summed E-state index contributed by atoms with van der Waals surface area (Å²) in [5.74, 6) is 2.21. The summed E-state index contributed by atoms with van der Waals surface area (Å²) in [5, 5.41) is 9.45. The zero-order valence-electron chi connectivity index (χ0n) is 14.8. The van der Waals surface area contributed by atoms with E-state index in [1.165, 1.54) is 10.6 Å². The molecule has 2 aliphatic heterocycles. The SMILES string of the molecule is [N]CCCc1nc(N2CCN(c3ccc(O)cc3)CC2)nc2c1SCC2. The van der Waals surface area contributed by atoms with Gasteiger partial charge in [0.2, 0.25) is 5.95 Å². The molecule has 2 aromatic rings. The van der Waals surface area contributed by atoms with E-state index in [0.717, 1.165) is 68.5 Å². The van der Waals surface area contributed by atoms with Crippen molar-refractivity contribution in [2.75, 3.05) is 48.3 Å². The minimum Gasteiger partial charge on any atom is -0.508 e. The molecule has 0 unspecified atom stereocenters. The molecule has 1 aromatic heterocycles. The quantitative estimate of drug-likeness (QED) is 0.871. The lowest BCUT2D eigenvalue weighted by atomic mass is 10.2. The molecule has 1 saturated heterocycles. The van der Waals surface area contributed by atoms with Crippen LogP contribution < -0.4 is 15.5 Å². The molecule has 4 rings (SSSR count). The Morgan fingerprint density at radius 1 is 1.04 bits per heavy atom. The first-order chi connectivity index (χ1) is 12.7. The van der Waals surface area contributed by atoms with Gasteiger partial charge in [0.15, 0.2) is 0 Å². The molecule has 0 spiro atoms. The number of thioether (sulfide) groups is 1. The van der Waals surface area contributed by atoms with Crippen molar-refractivity contribution in [2.45, 2.75) is 24.2 Å². The number of phenols is 1. The maximum atomic E-state index is 9.45. The molecule has 26 heavy (non-hydrogen) atoms. The van der Waals surface area contributed by atoms with Crippen LogP contribution in [0.5, 0.6) is 5.75 Å². The summed E-state index contributed by atoms with van der Waals surface area (Å²) in [4.78, 5) is 15.5. The van der Waals surface area contributed by atoms with E-state index in [2.05, 4.69) is 9.80 Å². The van der Waals surface area contributed by atoms with E-state index in [0.29, 0.717) is 5.75 Å². The fraction of sp³-hybridized carbons (Fsp3) is 0.474. The highest BCUT2D eigenvalue weighted by atomic mass is 32.2. The number of aromatic hydroxyl groups is 1. The van der Waals surface area contributed by atoms with Crippen LogP contribution in [0.15, 0.2) is 29.2 Å². The number of phenolic OH excluding ortho intramolecular Hbond substituents is 1. The predicted octanol–water partition coefficient (Wildman–Crippen LogP) is 2.16. The Balaban J connectivity index is 1.48. The van der Waals surface area contributed by atoms with E-state index in [1.54, 1.807) is 12.1 Å². The molecule has 2 aliphatic rings. The van der Waals surface area contributed by atoms with Gasteiger partial charge in [-0.25, -0.2) is 9.97 Å². The van der Waals surface area contributed by atoms with Crippen molar-refractivity contribution < 1.29 is 5.11 Å². The van der Waals surface area contributed by atoms with Crippen LogP contribution >= 0.6 is 11.8 Å². The number of hydrogen-bond donors (Lipinski definition) is 1. The molecular weight excluding hydrogens is 346 g/mol. The molecule has 136 valence electrons. The fourth-order valence-electron chi connectivity index (χ4n) is 3.51. The van der Waals surface area contributed by atoms with Gasteiger partial charge in [0.25, 0.3) is 0 Å². The van der Waals surface area contributed by atoms with Gasteiger partial charge >= 0.3 is 0 Å². The minimum absolute atomic E-state index is 0.198. The Labute approximate surface area is 158 Å². The lowest BCUT2D eigenvalue weighted by Crippen LogP contribution is -2.47. The average Bonchev–Trinajstić information content (AvgIpc) is 3.15. The molecule has 0 aliphatic carbocycles. The van der Waals surface area contributed by atoms with Gasteiger partial charge in [-0.2, -0.15) is 0 Å². The van der Waals surface area contributed by atoms with Crippen LogP contribution in [0.1, 0.15) is 17.8 Å². The number of anilines is 2. The molecule has 1 N–H and O–H groups in total. The van der Waals surface area contributed by atoms with Gasteiger partial charge in [-0.15, -0.1) is 17.5 Å². The van der Waals surface area contributed by atoms with E-state index in [4.69, 9.17) is 15.7 Å². The molecule has 0 atom stereocenters. The Morgan fingerprint density at radius 2 is 1.77 bits per heavy atom. The van der Waals surface area contributed by atoms with Crippen molar-refractivity contribution in [3.63, 3.8) is 0 Å². The smallest absolute Gasteiger partial charge is 0.225 e. The molecule has 0 saturated carbocycles. The average molecular weight is 369 g/mol. The number of aryl methyl sites for hydroxylation is 2. The number of piperazine rings is 1. The van der Waals surface area contributed by atoms with Crippen LogP contribution in [0, 0.1) is 0 Å². The van der Waals surface area contributed by atoms with Gasteiger partial charge in [0, 0.05) is 50.6 Å². The van der Waals surface area contributed by atoms with Crippen molar-refractivity contribution in [2.24, 2.45) is 0 Å². The van der Waals surface area contributed by atoms with Gasteiger partial charge in [-0.1, -0.05) is 0 Å². The lowest BCUT2D eigenvalue weighted by Gasteiger charge is -2.36. The number of benzene rings is 1. The van der Waals surface area contributed by atoms with Crippen molar-refractivity contribution in [1.29, 1.82) is 0 Å². The van der Waals surface area contributed by atoms with Gasteiger partial charge in [-0.05, 0) is 37.1 Å². The zero-order valence-corrected chi connectivity index (χ0v) is 15.6. The van der Waals surface area contributed by atoms with Crippen LogP contribution in [-0.4, -0.2) is 53.6 Å². The molecule has 6 nitrogen and oxygen atoms in total. The van der Waals surface area contributed by atoms with Gasteiger partial charge < -0.3 is 14.9 Å². The summed E-state index contributed by atoms with van der Waals surface area (Å²) < 4.78 is 0. The summed E-state index contributed by atoms with van der Waals surface area (Å²) >= 11 is 1.85. The van der Waals surface area contributed by atoms with E-state index < -0.39 is 0 Å². The Bertz CT molecular complexity index is 759. The van der Waals surface area contributed by atoms with E-state index in [1.807, 2.05) is 23.9 Å². The second-order valence-corrected chi connectivity index (χ2v) is 7.77. The maximum Gasteiger partial charge on any atom is 0.225 e. The van der Waals surface area contributed by atoms with Gasteiger partial charge in [-0.3, -0.25) is 0 Å². The maximum absolute atomic E-state index is 9.45. The minimum atomic E-state index is 0.198. The summed E-state index contributed by atoms with van der Waals surface area (Å²) in [6.45, 7) is 3.78. The van der Waals surface area contributed by atoms with E-state index >= 15 is 0 Å². The summed E-state index contributed by atoms with van der Waals surface area (Å²) in [7, 11) is 0. The first kappa shape index (κ1) is 17.4. The van der Waals surface area contributed by atoms with Crippen LogP contribution in [0.4, 0.5) is 11.6 Å². The van der Waals surface area contributed by atoms with Crippen LogP contribution in [0.2, 0.25) is 0 Å². The summed E-state index contributed by atoms with van der Waals surface area (Å²) in [6.07, 6.45) is 2.57. The molecule has 0 bridgehead atoms. The van der Waals surface area contributed by atoms with Crippen molar-refractivity contribution in [3.05, 3.63) is 35.7 Å². The number of aromatic nitrogens is 2. The molecule has 7 heteroatoms. The van der Waals surface area contributed by atoms with Crippen molar-refractivity contribution in [3.8, 4) is 5.75 Å². The third-order valence-corrected chi connectivity index (χ3v) is 6.10.